The molecule has 1 aliphatic heterocycles. The fourth-order valence-electron chi connectivity index (χ4n) is 3.39. The van der Waals surface area contributed by atoms with E-state index in [9.17, 15) is 9.59 Å². The Bertz CT molecular complexity index is 991. The summed E-state index contributed by atoms with van der Waals surface area (Å²) in [5.41, 5.74) is 1.98. The van der Waals surface area contributed by atoms with Gasteiger partial charge in [0.1, 0.15) is 5.75 Å². The smallest absolute Gasteiger partial charge is 0.319 e. The Morgan fingerprint density at radius 2 is 1.55 bits per heavy atom. The monoisotopic (exact) mass is 427 g/mol. The minimum Gasteiger partial charge on any atom is -0.497 e. The van der Waals surface area contributed by atoms with E-state index in [2.05, 4.69) is 16.0 Å². The van der Waals surface area contributed by atoms with Crippen molar-refractivity contribution in [3.8, 4) is 23.0 Å². The molecule has 3 N–H and O–H groups in total. The topological polar surface area (TPSA) is 107 Å². The van der Waals surface area contributed by atoms with Crippen molar-refractivity contribution in [1.29, 1.82) is 0 Å². The Balaban J connectivity index is 2.00. The standard InChI is InChI=1S/C22H25N3O6/c1-12-18(21(26)24-14-6-8-15(28-2)9-7-14)19(25-22(27)23-12)13-10-16(29-3)20(31-5)17(11-13)30-4/h6-11,19H,1-5H3,(H,24,26)(H2,23,25,27)/t19-/m1/s1. The Morgan fingerprint density at radius 3 is 2.06 bits per heavy atom. The van der Waals surface area contributed by atoms with Gasteiger partial charge in [-0.25, -0.2) is 4.79 Å². The van der Waals surface area contributed by atoms with Gasteiger partial charge in [0.2, 0.25) is 5.75 Å². The van der Waals surface area contributed by atoms with Crippen LogP contribution in [-0.4, -0.2) is 40.4 Å². The summed E-state index contributed by atoms with van der Waals surface area (Å²) in [5, 5.41) is 8.31. The summed E-state index contributed by atoms with van der Waals surface area (Å²) in [6.07, 6.45) is 0. The zero-order valence-corrected chi connectivity index (χ0v) is 18.0. The SMILES string of the molecule is COc1ccc(NC(=O)C2=C(C)NC(=O)N[C@@H]2c2cc(OC)c(OC)c(OC)c2)cc1. The number of hydrogen-bond acceptors (Lipinski definition) is 6. The predicted octanol–water partition coefficient (Wildman–Crippen LogP) is 2.99. The van der Waals surface area contributed by atoms with Crippen LogP contribution in [0.15, 0.2) is 47.7 Å². The highest BCUT2D eigenvalue weighted by Gasteiger charge is 2.32. The second-order valence-electron chi connectivity index (χ2n) is 6.71. The van der Waals surface area contributed by atoms with Crippen molar-refractivity contribution >= 4 is 17.6 Å². The van der Waals surface area contributed by atoms with E-state index in [0.29, 0.717) is 45.5 Å². The molecule has 2 aromatic carbocycles. The third kappa shape index (κ3) is 4.50. The van der Waals surface area contributed by atoms with Crippen LogP contribution in [0.1, 0.15) is 18.5 Å². The summed E-state index contributed by atoms with van der Waals surface area (Å²) in [6, 6.07) is 9.20. The lowest BCUT2D eigenvalue weighted by Crippen LogP contribution is -2.46. The summed E-state index contributed by atoms with van der Waals surface area (Å²) >= 11 is 0. The van der Waals surface area contributed by atoms with Crippen LogP contribution in [0.5, 0.6) is 23.0 Å². The van der Waals surface area contributed by atoms with E-state index in [-0.39, 0.29) is 5.91 Å². The van der Waals surface area contributed by atoms with E-state index in [1.165, 1.54) is 21.3 Å². The Labute approximate surface area is 180 Å². The normalized spacial score (nSPS) is 15.5. The molecule has 1 atom stereocenters. The van der Waals surface area contributed by atoms with Gasteiger partial charge in [-0.15, -0.1) is 0 Å². The minimum absolute atomic E-state index is 0.352. The van der Waals surface area contributed by atoms with E-state index in [0.717, 1.165) is 0 Å². The number of urea groups is 1. The summed E-state index contributed by atoms with van der Waals surface area (Å²) in [5.74, 6) is 1.55. The maximum absolute atomic E-state index is 13.2. The van der Waals surface area contributed by atoms with Crippen LogP contribution >= 0.6 is 0 Å². The molecule has 31 heavy (non-hydrogen) atoms. The number of anilines is 1. The van der Waals surface area contributed by atoms with Crippen molar-refractivity contribution < 1.29 is 28.5 Å². The van der Waals surface area contributed by atoms with Gasteiger partial charge in [-0.2, -0.15) is 0 Å². The minimum atomic E-state index is -0.735. The van der Waals surface area contributed by atoms with E-state index in [1.807, 2.05) is 0 Å². The van der Waals surface area contributed by atoms with Crippen LogP contribution in [0.3, 0.4) is 0 Å². The second kappa shape index (κ2) is 9.29. The summed E-state index contributed by atoms with van der Waals surface area (Å²) in [6.45, 7) is 1.67. The molecule has 1 aliphatic rings. The molecule has 0 saturated carbocycles. The lowest BCUT2D eigenvalue weighted by molar-refractivity contribution is -0.113. The first-order valence-corrected chi connectivity index (χ1v) is 9.45. The fraction of sp³-hybridized carbons (Fsp3) is 0.273. The maximum atomic E-state index is 13.2. The van der Waals surface area contributed by atoms with Crippen molar-refractivity contribution in [3.05, 3.63) is 53.2 Å². The molecule has 0 spiro atoms. The largest absolute Gasteiger partial charge is 0.497 e. The molecule has 0 bridgehead atoms. The Hall–Kier alpha value is -3.88. The molecule has 9 nitrogen and oxygen atoms in total. The molecule has 0 fully saturated rings. The van der Waals surface area contributed by atoms with Crippen molar-refractivity contribution in [2.24, 2.45) is 0 Å². The van der Waals surface area contributed by atoms with Gasteiger partial charge in [-0.1, -0.05) is 0 Å². The molecule has 0 unspecified atom stereocenters. The van der Waals surface area contributed by atoms with Crippen molar-refractivity contribution in [3.63, 3.8) is 0 Å². The van der Waals surface area contributed by atoms with Crippen LogP contribution in [-0.2, 0) is 4.79 Å². The second-order valence-corrected chi connectivity index (χ2v) is 6.71. The first-order valence-electron chi connectivity index (χ1n) is 9.45. The number of nitrogens with one attached hydrogen (secondary N) is 3. The van der Waals surface area contributed by atoms with E-state index in [1.54, 1.807) is 50.4 Å². The molecule has 0 aromatic heterocycles. The average molecular weight is 427 g/mol. The third-order valence-corrected chi connectivity index (χ3v) is 4.88. The zero-order valence-electron chi connectivity index (χ0n) is 18.0. The van der Waals surface area contributed by atoms with Crippen molar-refractivity contribution in [2.75, 3.05) is 33.8 Å². The summed E-state index contributed by atoms with van der Waals surface area (Å²) in [4.78, 5) is 25.4. The van der Waals surface area contributed by atoms with Gasteiger partial charge in [-0.3, -0.25) is 4.79 Å². The lowest BCUT2D eigenvalue weighted by atomic mass is 9.94. The molecule has 164 valence electrons. The number of allylic oxidation sites excluding steroid dienone is 1. The highest BCUT2D eigenvalue weighted by molar-refractivity contribution is 6.06. The predicted molar refractivity (Wildman–Crippen MR) is 115 cm³/mol. The number of rotatable bonds is 7. The van der Waals surface area contributed by atoms with Crippen LogP contribution in [0, 0.1) is 0 Å². The molecule has 3 amide bonds. The van der Waals surface area contributed by atoms with Gasteiger partial charge in [0, 0.05) is 11.4 Å². The zero-order chi connectivity index (χ0) is 22.5. The van der Waals surface area contributed by atoms with E-state index in [4.69, 9.17) is 18.9 Å². The van der Waals surface area contributed by atoms with Gasteiger partial charge in [-0.05, 0) is 48.9 Å². The molecule has 9 heteroatoms. The molecule has 3 rings (SSSR count). The van der Waals surface area contributed by atoms with E-state index < -0.39 is 12.1 Å². The highest BCUT2D eigenvalue weighted by Crippen LogP contribution is 2.41. The van der Waals surface area contributed by atoms with Gasteiger partial charge in [0.05, 0.1) is 40.1 Å². The first-order chi connectivity index (χ1) is 14.9. The van der Waals surface area contributed by atoms with Crippen LogP contribution < -0.4 is 34.9 Å². The average Bonchev–Trinajstić information content (AvgIpc) is 2.77. The molecular formula is C22H25N3O6. The molecule has 2 aromatic rings. The molecule has 0 aliphatic carbocycles. The quantitative estimate of drug-likeness (QED) is 0.627. The first kappa shape index (κ1) is 21.8. The fourth-order valence-corrected chi connectivity index (χ4v) is 3.39. The molecule has 0 radical (unpaired) electrons. The van der Waals surface area contributed by atoms with Crippen molar-refractivity contribution in [2.45, 2.75) is 13.0 Å². The van der Waals surface area contributed by atoms with Gasteiger partial charge in [0.15, 0.2) is 11.5 Å². The Kier molecular flexibility index (Phi) is 6.54. The van der Waals surface area contributed by atoms with Gasteiger partial charge < -0.3 is 34.9 Å². The number of amides is 3. The van der Waals surface area contributed by atoms with Gasteiger partial charge >= 0.3 is 6.03 Å². The number of benzene rings is 2. The summed E-state index contributed by atoms with van der Waals surface area (Å²) < 4.78 is 21.3. The lowest BCUT2D eigenvalue weighted by Gasteiger charge is -2.29. The van der Waals surface area contributed by atoms with Crippen LogP contribution in [0.4, 0.5) is 10.5 Å². The highest BCUT2D eigenvalue weighted by atomic mass is 16.5. The van der Waals surface area contributed by atoms with E-state index >= 15 is 0 Å². The third-order valence-electron chi connectivity index (χ3n) is 4.88. The van der Waals surface area contributed by atoms with Gasteiger partial charge in [0.25, 0.3) is 5.91 Å². The molecule has 0 saturated heterocycles. The van der Waals surface area contributed by atoms with Crippen molar-refractivity contribution in [1.82, 2.24) is 10.6 Å². The number of ether oxygens (including phenoxy) is 4. The van der Waals surface area contributed by atoms with Crippen LogP contribution in [0.25, 0.3) is 0 Å². The summed E-state index contributed by atoms with van der Waals surface area (Å²) in [7, 11) is 6.07. The molecular weight excluding hydrogens is 402 g/mol. The maximum Gasteiger partial charge on any atom is 0.319 e. The number of carbonyl (C=O) groups is 2. The number of hydrogen-bond donors (Lipinski definition) is 3. The number of methoxy groups -OCH3 is 4. The molecule has 1 heterocycles. The Morgan fingerprint density at radius 1 is 0.935 bits per heavy atom. The number of carbonyl (C=O) groups excluding carboxylic acids is 2. The van der Waals surface area contributed by atoms with Crippen LogP contribution in [0.2, 0.25) is 0 Å².